The van der Waals surface area contributed by atoms with Gasteiger partial charge in [-0.3, -0.25) is 0 Å². The third-order valence-corrected chi connectivity index (χ3v) is 3.32. The number of fused-ring (bicyclic) bond motifs is 1. The average Bonchev–Trinajstić information content (AvgIpc) is 2.80. The second-order valence-electron chi connectivity index (χ2n) is 3.95. The molecule has 0 atom stereocenters. The van der Waals surface area contributed by atoms with Gasteiger partial charge in [0, 0.05) is 12.5 Å². The second-order valence-corrected chi connectivity index (χ2v) is 4.92. The molecular weight excluding hydrogens is 260 g/mol. The van der Waals surface area contributed by atoms with Gasteiger partial charge in [0.1, 0.15) is 22.2 Å². The fourth-order valence-corrected chi connectivity index (χ4v) is 2.47. The number of anilines is 1. The quantitative estimate of drug-likeness (QED) is 0.739. The summed E-state index contributed by atoms with van der Waals surface area (Å²) in [5, 5.41) is 1.30. The highest BCUT2D eigenvalue weighted by Gasteiger charge is 2.09. The maximum atomic E-state index is 5.75. The van der Waals surface area contributed by atoms with E-state index in [1.807, 2.05) is 31.2 Å². The van der Waals surface area contributed by atoms with Gasteiger partial charge in [-0.2, -0.15) is 0 Å². The van der Waals surface area contributed by atoms with Crippen molar-refractivity contribution >= 4 is 28.7 Å². The van der Waals surface area contributed by atoms with E-state index in [0.29, 0.717) is 11.0 Å². The van der Waals surface area contributed by atoms with Gasteiger partial charge in [-0.15, -0.1) is 0 Å². The lowest BCUT2D eigenvalue weighted by Crippen LogP contribution is -1.99. The highest BCUT2D eigenvalue weighted by atomic mass is 32.2. The molecule has 19 heavy (non-hydrogen) atoms. The number of aromatic nitrogens is 3. The summed E-state index contributed by atoms with van der Waals surface area (Å²) >= 11 is 1.35. The molecule has 5 nitrogen and oxygen atoms in total. The van der Waals surface area contributed by atoms with E-state index in [-0.39, 0.29) is 0 Å². The zero-order valence-corrected chi connectivity index (χ0v) is 11.1. The number of para-hydroxylation sites is 2. The van der Waals surface area contributed by atoms with Crippen LogP contribution in [0.1, 0.15) is 12.7 Å². The molecule has 3 aromatic rings. The lowest BCUT2D eigenvalue weighted by Gasteiger charge is -2.01. The van der Waals surface area contributed by atoms with Gasteiger partial charge < -0.3 is 10.2 Å². The molecule has 0 bridgehead atoms. The fraction of sp³-hybridized carbons (Fsp3) is 0.154. The van der Waals surface area contributed by atoms with Crippen molar-refractivity contribution in [1.82, 2.24) is 15.0 Å². The van der Waals surface area contributed by atoms with Gasteiger partial charge >= 0.3 is 0 Å². The Morgan fingerprint density at radius 2 is 2.05 bits per heavy atom. The van der Waals surface area contributed by atoms with Crippen LogP contribution in [0.15, 0.2) is 45.0 Å². The van der Waals surface area contributed by atoms with Crippen molar-refractivity contribution in [1.29, 1.82) is 0 Å². The molecule has 0 radical (unpaired) electrons. The van der Waals surface area contributed by atoms with Gasteiger partial charge in [0.25, 0.3) is 5.22 Å². The Bertz CT molecular complexity index is 692. The number of oxazole rings is 1. The van der Waals surface area contributed by atoms with Crippen molar-refractivity contribution in [2.75, 3.05) is 5.73 Å². The van der Waals surface area contributed by atoms with Crippen LogP contribution in [0.4, 0.5) is 5.82 Å². The third-order valence-electron chi connectivity index (χ3n) is 2.55. The van der Waals surface area contributed by atoms with E-state index in [0.717, 1.165) is 28.4 Å². The molecule has 0 fully saturated rings. The van der Waals surface area contributed by atoms with E-state index in [2.05, 4.69) is 15.0 Å². The van der Waals surface area contributed by atoms with Crippen molar-refractivity contribution in [3.05, 3.63) is 36.2 Å². The van der Waals surface area contributed by atoms with E-state index in [1.54, 1.807) is 6.07 Å². The molecule has 0 unspecified atom stereocenters. The van der Waals surface area contributed by atoms with Crippen molar-refractivity contribution in [2.24, 2.45) is 0 Å². The lowest BCUT2D eigenvalue weighted by atomic mass is 10.3. The number of nitrogens with zero attached hydrogens (tertiary/aromatic N) is 3. The number of hydrogen-bond donors (Lipinski definition) is 1. The summed E-state index contributed by atoms with van der Waals surface area (Å²) in [5.41, 5.74) is 7.35. The van der Waals surface area contributed by atoms with Crippen LogP contribution in [-0.4, -0.2) is 15.0 Å². The van der Waals surface area contributed by atoms with Crippen LogP contribution in [0.25, 0.3) is 11.1 Å². The Hall–Kier alpha value is -2.08. The average molecular weight is 272 g/mol. The minimum Gasteiger partial charge on any atom is -0.431 e. The molecule has 96 valence electrons. The number of aryl methyl sites for hydroxylation is 1. The van der Waals surface area contributed by atoms with Crippen molar-refractivity contribution in [3.8, 4) is 0 Å². The highest BCUT2D eigenvalue weighted by molar-refractivity contribution is 7.99. The molecule has 1 aromatic carbocycles. The van der Waals surface area contributed by atoms with E-state index in [1.165, 1.54) is 11.8 Å². The summed E-state index contributed by atoms with van der Waals surface area (Å²) in [4.78, 5) is 12.9. The summed E-state index contributed by atoms with van der Waals surface area (Å²) < 4.78 is 5.64. The molecule has 3 rings (SSSR count). The predicted octanol–water partition coefficient (Wildman–Crippen LogP) is 2.91. The molecule has 2 aromatic heterocycles. The normalized spacial score (nSPS) is 11.0. The molecule has 0 spiro atoms. The van der Waals surface area contributed by atoms with Crippen LogP contribution in [0.2, 0.25) is 0 Å². The molecule has 2 N–H and O–H groups in total. The van der Waals surface area contributed by atoms with E-state index < -0.39 is 0 Å². The molecular formula is C13H12N4OS. The first kappa shape index (κ1) is 12.0. The lowest BCUT2D eigenvalue weighted by molar-refractivity contribution is 0.489. The van der Waals surface area contributed by atoms with Crippen LogP contribution in [-0.2, 0) is 6.42 Å². The molecule has 0 saturated heterocycles. The van der Waals surface area contributed by atoms with Gasteiger partial charge in [0.05, 0.1) is 0 Å². The smallest absolute Gasteiger partial charge is 0.263 e. The van der Waals surface area contributed by atoms with Gasteiger partial charge in [-0.1, -0.05) is 19.1 Å². The van der Waals surface area contributed by atoms with E-state index in [9.17, 15) is 0 Å². The largest absolute Gasteiger partial charge is 0.431 e. The summed E-state index contributed by atoms with van der Waals surface area (Å²) in [5.74, 6) is 1.18. The molecule has 6 heteroatoms. The Balaban J connectivity index is 1.94. The highest BCUT2D eigenvalue weighted by Crippen LogP contribution is 2.29. The van der Waals surface area contributed by atoms with Gasteiger partial charge in [0.2, 0.25) is 0 Å². The second kappa shape index (κ2) is 4.89. The Morgan fingerprint density at radius 1 is 1.21 bits per heavy atom. The molecule has 0 amide bonds. The molecule has 0 aliphatic carbocycles. The van der Waals surface area contributed by atoms with Crippen LogP contribution in [0.5, 0.6) is 0 Å². The predicted molar refractivity (Wildman–Crippen MR) is 74.0 cm³/mol. The van der Waals surface area contributed by atoms with Crippen LogP contribution < -0.4 is 5.73 Å². The summed E-state index contributed by atoms with van der Waals surface area (Å²) in [6.45, 7) is 1.99. The first-order chi connectivity index (χ1) is 9.24. The molecule has 2 heterocycles. The van der Waals surface area contributed by atoms with Gasteiger partial charge in [-0.25, -0.2) is 15.0 Å². The topological polar surface area (TPSA) is 77.8 Å². The van der Waals surface area contributed by atoms with Crippen LogP contribution in [0.3, 0.4) is 0 Å². The number of nitrogen functional groups attached to an aromatic ring is 1. The standard InChI is InChI=1S/C13H12N4OS/c1-2-11-16-10(14)7-12(17-11)19-13-15-8-5-3-4-6-9(8)18-13/h3-7H,2H2,1H3,(H2,14,16,17). The van der Waals surface area contributed by atoms with E-state index >= 15 is 0 Å². The summed E-state index contributed by atoms with van der Waals surface area (Å²) in [6.07, 6.45) is 0.742. The van der Waals surface area contributed by atoms with Crippen molar-refractivity contribution in [3.63, 3.8) is 0 Å². The van der Waals surface area contributed by atoms with Gasteiger partial charge in [-0.05, 0) is 23.9 Å². The fourth-order valence-electron chi connectivity index (χ4n) is 1.69. The van der Waals surface area contributed by atoms with Crippen LogP contribution >= 0.6 is 11.8 Å². The van der Waals surface area contributed by atoms with Crippen molar-refractivity contribution in [2.45, 2.75) is 23.6 Å². The minimum absolute atomic E-state index is 0.463. The van der Waals surface area contributed by atoms with Gasteiger partial charge in [0.15, 0.2) is 5.58 Å². The van der Waals surface area contributed by atoms with Crippen LogP contribution in [0, 0.1) is 0 Å². The number of benzene rings is 1. The van der Waals surface area contributed by atoms with Crippen molar-refractivity contribution < 1.29 is 4.42 Å². The zero-order chi connectivity index (χ0) is 13.2. The Labute approximate surface area is 114 Å². The molecule has 0 saturated carbocycles. The first-order valence-corrected chi connectivity index (χ1v) is 6.73. The Morgan fingerprint density at radius 3 is 2.84 bits per heavy atom. The number of rotatable bonds is 3. The first-order valence-electron chi connectivity index (χ1n) is 5.91. The monoisotopic (exact) mass is 272 g/mol. The Kier molecular flexibility index (Phi) is 3.08. The zero-order valence-electron chi connectivity index (χ0n) is 10.3. The minimum atomic E-state index is 0.463. The maximum absolute atomic E-state index is 5.75. The number of nitrogens with two attached hydrogens (primary N) is 1. The SMILES string of the molecule is CCc1nc(N)cc(Sc2nc3ccccc3o2)n1. The maximum Gasteiger partial charge on any atom is 0.263 e. The number of hydrogen-bond acceptors (Lipinski definition) is 6. The van der Waals surface area contributed by atoms with E-state index in [4.69, 9.17) is 10.2 Å². The summed E-state index contributed by atoms with van der Waals surface area (Å²) in [6, 6.07) is 9.36. The molecule has 0 aliphatic heterocycles. The molecule has 0 aliphatic rings. The third kappa shape index (κ3) is 2.53. The summed E-state index contributed by atoms with van der Waals surface area (Å²) in [7, 11) is 0.